The van der Waals surface area contributed by atoms with E-state index in [1.807, 2.05) is 11.8 Å². The van der Waals surface area contributed by atoms with Crippen LogP contribution in [0, 0.1) is 0 Å². The lowest BCUT2D eigenvalue weighted by Gasteiger charge is -2.22. The van der Waals surface area contributed by atoms with Gasteiger partial charge < -0.3 is 5.11 Å². The van der Waals surface area contributed by atoms with Crippen molar-refractivity contribution < 1.29 is 13.5 Å². The van der Waals surface area contributed by atoms with E-state index in [0.29, 0.717) is 12.1 Å². The number of hydrogen-bond acceptors (Lipinski definition) is 4. The highest BCUT2D eigenvalue weighted by molar-refractivity contribution is 8.01. The van der Waals surface area contributed by atoms with Crippen molar-refractivity contribution in [2.75, 3.05) is 12.3 Å². The van der Waals surface area contributed by atoms with E-state index in [2.05, 4.69) is 11.6 Å². The second-order valence-corrected chi connectivity index (χ2v) is 8.92. The predicted octanol–water partition coefficient (Wildman–Crippen LogP) is 2.30. The molecule has 6 heteroatoms. The van der Waals surface area contributed by atoms with Gasteiger partial charge in [-0.3, -0.25) is 0 Å². The van der Waals surface area contributed by atoms with E-state index in [1.165, 1.54) is 12.1 Å². The molecular weight excluding hydrogens is 294 g/mol. The van der Waals surface area contributed by atoms with Crippen LogP contribution < -0.4 is 4.72 Å². The van der Waals surface area contributed by atoms with E-state index in [0.717, 1.165) is 18.6 Å². The summed E-state index contributed by atoms with van der Waals surface area (Å²) in [6, 6.07) is 6.36. The molecule has 0 radical (unpaired) electrons. The van der Waals surface area contributed by atoms with Crippen LogP contribution in [0.1, 0.15) is 38.4 Å². The molecule has 2 rings (SSSR count). The third-order valence-corrected chi connectivity index (χ3v) is 6.56. The molecule has 1 aliphatic heterocycles. The standard InChI is InChI=1S/C14H21NO3S2/c1-11(16)12-4-6-13(7-5-12)20(17,18)15-10-14(2)8-3-9-19-14/h4-7,11,15-16H,3,8-10H2,1-2H3. The summed E-state index contributed by atoms with van der Waals surface area (Å²) in [6.45, 7) is 4.21. The highest BCUT2D eigenvalue weighted by atomic mass is 32.2. The van der Waals surface area contributed by atoms with Crippen LogP contribution in [-0.2, 0) is 10.0 Å². The molecule has 1 aromatic rings. The number of rotatable bonds is 5. The fourth-order valence-corrected chi connectivity index (χ4v) is 4.74. The van der Waals surface area contributed by atoms with Crippen molar-refractivity contribution in [1.82, 2.24) is 4.72 Å². The zero-order valence-electron chi connectivity index (χ0n) is 11.8. The zero-order valence-corrected chi connectivity index (χ0v) is 13.4. The highest BCUT2D eigenvalue weighted by Gasteiger charge is 2.31. The van der Waals surface area contributed by atoms with Gasteiger partial charge in [0.25, 0.3) is 0 Å². The molecule has 112 valence electrons. The molecule has 2 unspecified atom stereocenters. The van der Waals surface area contributed by atoms with Crippen LogP contribution in [0.2, 0.25) is 0 Å². The van der Waals surface area contributed by atoms with Crippen LogP contribution in [0.3, 0.4) is 0 Å². The Balaban J connectivity index is 2.06. The van der Waals surface area contributed by atoms with Gasteiger partial charge in [-0.15, -0.1) is 0 Å². The minimum Gasteiger partial charge on any atom is -0.389 e. The van der Waals surface area contributed by atoms with Crippen LogP contribution in [0.15, 0.2) is 29.2 Å². The lowest BCUT2D eigenvalue weighted by molar-refractivity contribution is 0.199. The zero-order chi connectivity index (χ0) is 14.8. The van der Waals surface area contributed by atoms with E-state index in [9.17, 15) is 13.5 Å². The molecule has 2 N–H and O–H groups in total. The van der Waals surface area contributed by atoms with Gasteiger partial charge in [0.15, 0.2) is 0 Å². The van der Waals surface area contributed by atoms with Crippen LogP contribution in [0.4, 0.5) is 0 Å². The third-order valence-electron chi connectivity index (χ3n) is 3.61. The monoisotopic (exact) mass is 315 g/mol. The number of sulfonamides is 1. The Hall–Kier alpha value is -0.560. The summed E-state index contributed by atoms with van der Waals surface area (Å²) in [5, 5.41) is 9.43. The number of nitrogens with one attached hydrogen (secondary N) is 1. The van der Waals surface area contributed by atoms with Crippen molar-refractivity contribution in [3.05, 3.63) is 29.8 Å². The van der Waals surface area contributed by atoms with E-state index in [4.69, 9.17) is 0 Å². The first-order valence-electron chi connectivity index (χ1n) is 6.74. The summed E-state index contributed by atoms with van der Waals surface area (Å²) in [6.07, 6.45) is 1.60. The van der Waals surface area contributed by atoms with Crippen molar-refractivity contribution in [2.24, 2.45) is 0 Å². The number of aliphatic hydroxyl groups excluding tert-OH is 1. The quantitative estimate of drug-likeness (QED) is 0.875. The van der Waals surface area contributed by atoms with Gasteiger partial charge in [-0.25, -0.2) is 13.1 Å². The summed E-state index contributed by atoms with van der Waals surface area (Å²) in [4.78, 5) is 0.244. The average molecular weight is 315 g/mol. The Kier molecular flexibility index (Phi) is 4.79. The van der Waals surface area contributed by atoms with E-state index in [1.54, 1.807) is 19.1 Å². The van der Waals surface area contributed by atoms with Crippen molar-refractivity contribution in [2.45, 2.75) is 42.4 Å². The van der Waals surface area contributed by atoms with Crippen molar-refractivity contribution in [3.63, 3.8) is 0 Å². The van der Waals surface area contributed by atoms with E-state index < -0.39 is 16.1 Å². The summed E-state index contributed by atoms with van der Waals surface area (Å²) in [5.41, 5.74) is 0.710. The normalized spacial score (nSPS) is 24.8. The number of benzene rings is 1. The second kappa shape index (κ2) is 6.05. The molecule has 2 atom stereocenters. The molecule has 0 saturated carbocycles. The van der Waals surface area contributed by atoms with Crippen LogP contribution in [-0.4, -0.2) is 30.6 Å². The minimum atomic E-state index is -3.47. The first kappa shape index (κ1) is 15.8. The molecular formula is C14H21NO3S2. The van der Waals surface area contributed by atoms with E-state index in [-0.39, 0.29) is 9.64 Å². The van der Waals surface area contributed by atoms with Crippen molar-refractivity contribution in [3.8, 4) is 0 Å². The molecule has 1 heterocycles. The van der Waals surface area contributed by atoms with Gasteiger partial charge in [-0.2, -0.15) is 11.8 Å². The fraction of sp³-hybridized carbons (Fsp3) is 0.571. The molecule has 1 saturated heterocycles. The Morgan fingerprint density at radius 2 is 2.05 bits per heavy atom. The van der Waals surface area contributed by atoms with Crippen molar-refractivity contribution >= 4 is 21.8 Å². The van der Waals surface area contributed by atoms with Crippen molar-refractivity contribution in [1.29, 1.82) is 0 Å². The smallest absolute Gasteiger partial charge is 0.240 e. The maximum Gasteiger partial charge on any atom is 0.240 e. The first-order chi connectivity index (χ1) is 9.32. The molecule has 1 fully saturated rings. The largest absolute Gasteiger partial charge is 0.389 e. The number of thioether (sulfide) groups is 1. The molecule has 0 bridgehead atoms. The topological polar surface area (TPSA) is 66.4 Å². The van der Waals surface area contributed by atoms with Gasteiger partial charge >= 0.3 is 0 Å². The van der Waals surface area contributed by atoms with Gasteiger partial charge in [0.2, 0.25) is 10.0 Å². The lowest BCUT2D eigenvalue weighted by Crippen LogP contribution is -2.36. The first-order valence-corrected chi connectivity index (χ1v) is 9.21. The minimum absolute atomic E-state index is 0.00657. The Morgan fingerprint density at radius 1 is 1.40 bits per heavy atom. The van der Waals surface area contributed by atoms with Crippen LogP contribution in [0.25, 0.3) is 0 Å². The molecule has 0 aliphatic carbocycles. The van der Waals surface area contributed by atoms with Gasteiger partial charge in [0, 0.05) is 11.3 Å². The Bertz CT molecular complexity index is 546. The fourth-order valence-electron chi connectivity index (χ4n) is 2.23. The highest BCUT2D eigenvalue weighted by Crippen LogP contribution is 2.37. The third kappa shape index (κ3) is 3.75. The molecule has 0 aromatic heterocycles. The van der Waals surface area contributed by atoms with Gasteiger partial charge in [0.05, 0.1) is 11.0 Å². The maximum absolute atomic E-state index is 12.2. The predicted molar refractivity (Wildman–Crippen MR) is 82.4 cm³/mol. The summed E-state index contributed by atoms with van der Waals surface area (Å²) < 4.78 is 27.2. The van der Waals surface area contributed by atoms with Crippen LogP contribution in [0.5, 0.6) is 0 Å². The molecule has 20 heavy (non-hydrogen) atoms. The summed E-state index contributed by atoms with van der Waals surface area (Å²) in [7, 11) is -3.47. The SMILES string of the molecule is CC(O)c1ccc(S(=O)(=O)NCC2(C)CCCS2)cc1. The Morgan fingerprint density at radius 3 is 2.55 bits per heavy atom. The molecule has 0 spiro atoms. The van der Waals surface area contributed by atoms with E-state index >= 15 is 0 Å². The van der Waals surface area contributed by atoms with Gasteiger partial charge in [-0.05, 0) is 50.1 Å². The Labute approximate surface area is 125 Å². The molecule has 1 aliphatic rings. The number of hydrogen-bond donors (Lipinski definition) is 2. The average Bonchev–Trinajstić information content (AvgIpc) is 2.84. The van der Waals surface area contributed by atoms with Crippen LogP contribution >= 0.6 is 11.8 Å². The molecule has 0 amide bonds. The number of aliphatic hydroxyl groups is 1. The lowest BCUT2D eigenvalue weighted by atomic mass is 10.1. The van der Waals surface area contributed by atoms with Gasteiger partial charge in [0.1, 0.15) is 0 Å². The molecule has 4 nitrogen and oxygen atoms in total. The second-order valence-electron chi connectivity index (χ2n) is 5.47. The summed E-state index contributed by atoms with van der Waals surface area (Å²) in [5.74, 6) is 1.10. The van der Waals surface area contributed by atoms with Gasteiger partial charge in [-0.1, -0.05) is 12.1 Å². The maximum atomic E-state index is 12.2. The molecule has 1 aromatic carbocycles. The summed E-state index contributed by atoms with van der Waals surface area (Å²) >= 11 is 1.83.